The fraction of sp³-hybridized carbons (Fsp3) is 1.00. The summed E-state index contributed by atoms with van der Waals surface area (Å²) in [5, 5.41) is 9.55. The Hall–Kier alpha value is -0.0900. The first kappa shape index (κ1) is 14.9. The largest absolute Gasteiger partial charge is 0.393 e. The number of hydrogen-bond donors (Lipinski definition) is 1. The lowest BCUT2D eigenvalue weighted by Gasteiger charge is -2.09. The van der Waals surface area contributed by atoms with Gasteiger partial charge in [-0.05, 0) is 19.3 Å². The van der Waals surface area contributed by atoms with E-state index in [9.17, 15) is 13.5 Å². The highest BCUT2D eigenvalue weighted by Gasteiger charge is 2.09. The molecular weight excluding hydrogens is 212 g/mol. The molecule has 0 heterocycles. The molecule has 0 bridgehead atoms. The van der Waals surface area contributed by atoms with E-state index in [1.165, 1.54) is 0 Å². The average molecular weight is 236 g/mol. The molecule has 0 aromatic rings. The molecule has 15 heavy (non-hydrogen) atoms. The summed E-state index contributed by atoms with van der Waals surface area (Å²) in [7, 11) is -2.85. The van der Waals surface area contributed by atoms with Crippen LogP contribution in [0.15, 0.2) is 0 Å². The lowest BCUT2D eigenvalue weighted by Crippen LogP contribution is -2.12. The molecule has 0 spiro atoms. The summed E-state index contributed by atoms with van der Waals surface area (Å²) in [6, 6.07) is 0. The van der Waals surface area contributed by atoms with Crippen LogP contribution < -0.4 is 0 Å². The van der Waals surface area contributed by atoms with Gasteiger partial charge < -0.3 is 5.11 Å². The van der Waals surface area contributed by atoms with Crippen LogP contribution in [-0.4, -0.2) is 31.1 Å². The van der Waals surface area contributed by atoms with Crippen molar-refractivity contribution in [3.05, 3.63) is 0 Å². The van der Waals surface area contributed by atoms with Gasteiger partial charge in [0.05, 0.1) is 11.9 Å². The molecule has 1 atom stereocenters. The maximum absolute atomic E-state index is 11.2. The third-order valence-corrected chi connectivity index (χ3v) is 4.36. The summed E-state index contributed by atoms with van der Waals surface area (Å²) < 4.78 is 22.3. The fourth-order valence-electron chi connectivity index (χ4n) is 1.46. The first-order valence-electron chi connectivity index (χ1n) is 5.90. The van der Waals surface area contributed by atoms with Gasteiger partial charge in [0.15, 0.2) is 0 Å². The second-order valence-corrected chi connectivity index (χ2v) is 6.50. The predicted molar refractivity (Wildman–Crippen MR) is 63.7 cm³/mol. The Morgan fingerprint density at radius 1 is 1.07 bits per heavy atom. The van der Waals surface area contributed by atoms with Crippen molar-refractivity contribution in [1.29, 1.82) is 0 Å². The van der Waals surface area contributed by atoms with Gasteiger partial charge in [-0.3, -0.25) is 0 Å². The highest BCUT2D eigenvalue weighted by Crippen LogP contribution is 2.09. The first-order valence-corrected chi connectivity index (χ1v) is 7.72. The molecule has 3 nitrogen and oxygen atoms in total. The minimum Gasteiger partial charge on any atom is -0.393 e. The lowest BCUT2D eigenvalue weighted by molar-refractivity contribution is 0.150. The Morgan fingerprint density at radius 3 is 2.20 bits per heavy atom. The monoisotopic (exact) mass is 236 g/mol. The van der Waals surface area contributed by atoms with Crippen molar-refractivity contribution in [2.24, 2.45) is 0 Å². The number of aliphatic hydroxyl groups is 1. The van der Waals surface area contributed by atoms with Crippen molar-refractivity contribution in [3.63, 3.8) is 0 Å². The van der Waals surface area contributed by atoms with Crippen LogP contribution in [0.4, 0.5) is 0 Å². The second-order valence-electron chi connectivity index (χ2n) is 4.03. The molecule has 1 unspecified atom stereocenters. The molecule has 0 aliphatic heterocycles. The molecule has 0 amide bonds. The molecule has 0 radical (unpaired) electrons. The summed E-state index contributed by atoms with van der Waals surface area (Å²) >= 11 is 0. The standard InChI is InChI=1S/C11H24O3S/c1-3-5-6-8-11(12)9-7-10-15(13,14)4-2/h11-12H,3-10H2,1-2H3. The van der Waals surface area contributed by atoms with Gasteiger partial charge in [-0.25, -0.2) is 8.42 Å². The third kappa shape index (κ3) is 8.88. The summed E-state index contributed by atoms with van der Waals surface area (Å²) in [5.41, 5.74) is 0. The zero-order valence-electron chi connectivity index (χ0n) is 9.91. The van der Waals surface area contributed by atoms with Crippen molar-refractivity contribution >= 4 is 9.84 Å². The fourth-order valence-corrected chi connectivity index (χ4v) is 2.35. The maximum Gasteiger partial charge on any atom is 0.150 e. The molecule has 0 aliphatic rings. The van der Waals surface area contributed by atoms with Crippen molar-refractivity contribution in [2.45, 2.75) is 58.5 Å². The number of hydrogen-bond acceptors (Lipinski definition) is 3. The normalized spacial score (nSPS) is 14.1. The van der Waals surface area contributed by atoms with Gasteiger partial charge in [-0.2, -0.15) is 0 Å². The molecule has 4 heteroatoms. The van der Waals surface area contributed by atoms with Crippen molar-refractivity contribution < 1.29 is 13.5 Å². The quantitative estimate of drug-likeness (QED) is 0.624. The second kappa shape index (κ2) is 8.11. The van der Waals surface area contributed by atoms with E-state index < -0.39 is 9.84 Å². The Morgan fingerprint density at radius 2 is 1.67 bits per heavy atom. The number of sulfone groups is 1. The summed E-state index contributed by atoms with van der Waals surface area (Å²) in [6.07, 6.45) is 5.02. The van der Waals surface area contributed by atoms with E-state index in [2.05, 4.69) is 6.92 Å². The van der Waals surface area contributed by atoms with Gasteiger partial charge in [0.1, 0.15) is 9.84 Å². The van der Waals surface area contributed by atoms with Gasteiger partial charge in [0.25, 0.3) is 0 Å². The van der Waals surface area contributed by atoms with Gasteiger partial charge in [-0.1, -0.05) is 33.1 Å². The third-order valence-electron chi connectivity index (χ3n) is 2.57. The highest BCUT2D eigenvalue weighted by atomic mass is 32.2. The molecule has 1 N–H and O–H groups in total. The van der Waals surface area contributed by atoms with Crippen LogP contribution in [0.3, 0.4) is 0 Å². The van der Waals surface area contributed by atoms with Crippen LogP contribution in [0.1, 0.15) is 52.4 Å². The summed E-state index contributed by atoms with van der Waals surface area (Å²) in [6.45, 7) is 3.78. The first-order chi connectivity index (χ1) is 7.02. The minimum atomic E-state index is -2.85. The van der Waals surface area contributed by atoms with Crippen LogP contribution in [-0.2, 0) is 9.84 Å². The van der Waals surface area contributed by atoms with E-state index in [0.29, 0.717) is 12.8 Å². The molecule has 92 valence electrons. The number of rotatable bonds is 9. The lowest BCUT2D eigenvalue weighted by atomic mass is 10.1. The Labute approximate surface area is 93.8 Å². The number of aliphatic hydroxyl groups excluding tert-OH is 1. The topological polar surface area (TPSA) is 54.4 Å². The molecule has 0 rings (SSSR count). The molecule has 0 aromatic heterocycles. The smallest absolute Gasteiger partial charge is 0.150 e. The van der Waals surface area contributed by atoms with Gasteiger partial charge in [0.2, 0.25) is 0 Å². The summed E-state index contributed by atoms with van der Waals surface area (Å²) in [5.74, 6) is 0.424. The molecular formula is C11H24O3S. The minimum absolute atomic E-state index is 0.207. The molecule has 0 saturated carbocycles. The van der Waals surface area contributed by atoms with Crippen LogP contribution in [0.25, 0.3) is 0 Å². The van der Waals surface area contributed by atoms with E-state index in [0.717, 1.165) is 25.7 Å². The molecule has 0 fully saturated rings. The zero-order chi connectivity index (χ0) is 11.7. The molecule has 0 saturated heterocycles. The van der Waals surface area contributed by atoms with Crippen LogP contribution in [0.2, 0.25) is 0 Å². The summed E-state index contributed by atoms with van der Waals surface area (Å²) in [4.78, 5) is 0. The van der Waals surface area contributed by atoms with Crippen LogP contribution >= 0.6 is 0 Å². The van der Waals surface area contributed by atoms with Crippen molar-refractivity contribution in [2.75, 3.05) is 11.5 Å². The Bertz CT molecular complexity index is 234. The van der Waals surface area contributed by atoms with Crippen LogP contribution in [0, 0.1) is 0 Å². The maximum atomic E-state index is 11.2. The SMILES string of the molecule is CCCCCC(O)CCCS(=O)(=O)CC. The van der Waals surface area contributed by atoms with E-state index in [1.54, 1.807) is 6.92 Å². The van der Waals surface area contributed by atoms with E-state index in [-0.39, 0.29) is 17.6 Å². The Balaban J connectivity index is 3.50. The van der Waals surface area contributed by atoms with E-state index in [1.807, 2.05) is 0 Å². The molecule has 0 aliphatic carbocycles. The zero-order valence-corrected chi connectivity index (χ0v) is 10.7. The van der Waals surface area contributed by atoms with Gasteiger partial charge in [-0.15, -0.1) is 0 Å². The van der Waals surface area contributed by atoms with Gasteiger partial charge >= 0.3 is 0 Å². The van der Waals surface area contributed by atoms with E-state index in [4.69, 9.17) is 0 Å². The number of unbranched alkanes of at least 4 members (excludes halogenated alkanes) is 2. The van der Waals surface area contributed by atoms with Crippen LogP contribution in [0.5, 0.6) is 0 Å². The molecule has 0 aromatic carbocycles. The highest BCUT2D eigenvalue weighted by molar-refractivity contribution is 7.91. The average Bonchev–Trinajstić information content (AvgIpc) is 2.18. The van der Waals surface area contributed by atoms with E-state index >= 15 is 0 Å². The predicted octanol–water partition coefficient (Wildman–Crippen LogP) is 2.14. The van der Waals surface area contributed by atoms with Crippen molar-refractivity contribution in [3.8, 4) is 0 Å². The van der Waals surface area contributed by atoms with Crippen molar-refractivity contribution in [1.82, 2.24) is 0 Å². The van der Waals surface area contributed by atoms with Gasteiger partial charge in [0, 0.05) is 5.75 Å². The Kier molecular flexibility index (Phi) is 8.06.